The molecule has 2 rings (SSSR count). The molecule has 0 saturated heterocycles. The average molecular weight is 261 g/mol. The Morgan fingerprint density at radius 2 is 1.68 bits per heavy atom. The summed E-state index contributed by atoms with van der Waals surface area (Å²) in [5.74, 6) is 0.739. The van der Waals surface area contributed by atoms with E-state index >= 15 is 0 Å². The second-order valence-corrected chi connectivity index (χ2v) is 6.82. The Morgan fingerprint density at radius 3 is 2.16 bits per heavy atom. The molecule has 0 bridgehead atoms. The second kappa shape index (κ2) is 5.26. The van der Waals surface area contributed by atoms with Crippen molar-refractivity contribution in [2.45, 2.75) is 33.7 Å². The number of nitrogens with one attached hydrogen (secondary N) is 1. The van der Waals surface area contributed by atoms with Crippen molar-refractivity contribution in [2.75, 3.05) is 20.3 Å². The van der Waals surface area contributed by atoms with Gasteiger partial charge >= 0.3 is 0 Å². The number of ether oxygens (including phenoxy) is 1. The summed E-state index contributed by atoms with van der Waals surface area (Å²) in [4.78, 5) is 0. The van der Waals surface area contributed by atoms with Crippen LogP contribution >= 0.6 is 0 Å². The third-order valence-corrected chi connectivity index (χ3v) is 5.42. The van der Waals surface area contributed by atoms with Crippen LogP contribution in [0, 0.1) is 16.7 Å². The number of hydrogen-bond donors (Lipinski definition) is 1. The zero-order valence-corrected chi connectivity index (χ0v) is 12.9. The fraction of sp³-hybridized carbons (Fsp3) is 0.647. The lowest BCUT2D eigenvalue weighted by Gasteiger charge is -2.19. The predicted octanol–water partition coefficient (Wildman–Crippen LogP) is 3.65. The van der Waals surface area contributed by atoms with Crippen LogP contribution in [0.2, 0.25) is 0 Å². The van der Waals surface area contributed by atoms with E-state index in [1.165, 1.54) is 5.56 Å². The zero-order chi connectivity index (χ0) is 14.1. The number of rotatable bonds is 6. The Balaban J connectivity index is 1.96. The first-order valence-corrected chi connectivity index (χ1v) is 7.18. The average Bonchev–Trinajstić information content (AvgIpc) is 2.77. The van der Waals surface area contributed by atoms with E-state index in [4.69, 9.17) is 4.74 Å². The fourth-order valence-corrected chi connectivity index (χ4v) is 3.23. The van der Waals surface area contributed by atoms with Gasteiger partial charge in [-0.3, -0.25) is 0 Å². The van der Waals surface area contributed by atoms with E-state index in [1.807, 2.05) is 0 Å². The highest BCUT2D eigenvalue weighted by Crippen LogP contribution is 2.68. The molecule has 1 fully saturated rings. The van der Waals surface area contributed by atoms with Gasteiger partial charge in [0.25, 0.3) is 0 Å². The summed E-state index contributed by atoms with van der Waals surface area (Å²) < 4.78 is 5.35. The molecule has 0 heterocycles. The van der Waals surface area contributed by atoms with Crippen molar-refractivity contribution in [3.05, 3.63) is 35.9 Å². The normalized spacial score (nSPS) is 22.2. The van der Waals surface area contributed by atoms with Crippen molar-refractivity contribution >= 4 is 0 Å². The van der Waals surface area contributed by atoms with Crippen LogP contribution in [0.3, 0.4) is 0 Å². The molecule has 2 heteroatoms. The van der Waals surface area contributed by atoms with Crippen LogP contribution in [0.15, 0.2) is 30.3 Å². The van der Waals surface area contributed by atoms with E-state index in [-0.39, 0.29) is 0 Å². The van der Waals surface area contributed by atoms with Gasteiger partial charge in [0.2, 0.25) is 0 Å². The maximum Gasteiger partial charge on any atom is 0.0657 e. The van der Waals surface area contributed by atoms with E-state index in [1.54, 1.807) is 7.11 Å². The van der Waals surface area contributed by atoms with Crippen molar-refractivity contribution in [1.29, 1.82) is 0 Å². The number of benzene rings is 1. The quantitative estimate of drug-likeness (QED) is 0.844. The zero-order valence-electron chi connectivity index (χ0n) is 12.9. The van der Waals surface area contributed by atoms with Gasteiger partial charge in [0, 0.05) is 7.11 Å². The smallest absolute Gasteiger partial charge is 0.0657 e. The lowest BCUT2D eigenvalue weighted by Crippen LogP contribution is -2.28. The fourth-order valence-electron chi connectivity index (χ4n) is 3.23. The van der Waals surface area contributed by atoms with E-state index < -0.39 is 0 Å². The molecule has 1 aromatic carbocycles. The van der Waals surface area contributed by atoms with Crippen LogP contribution in [0.25, 0.3) is 0 Å². The van der Waals surface area contributed by atoms with Crippen LogP contribution in [0.5, 0.6) is 0 Å². The van der Waals surface area contributed by atoms with Gasteiger partial charge in [-0.05, 0) is 28.9 Å². The molecule has 0 spiro atoms. The van der Waals surface area contributed by atoms with E-state index in [9.17, 15) is 0 Å². The van der Waals surface area contributed by atoms with Crippen LogP contribution in [-0.4, -0.2) is 20.3 Å². The summed E-state index contributed by atoms with van der Waals surface area (Å²) in [5.41, 5.74) is 2.18. The van der Waals surface area contributed by atoms with Gasteiger partial charge in [-0.25, -0.2) is 0 Å². The molecule has 106 valence electrons. The number of methoxy groups -OCH3 is 1. The van der Waals surface area contributed by atoms with Crippen LogP contribution in [0.4, 0.5) is 0 Å². The molecular formula is C17H27NO. The predicted molar refractivity (Wildman–Crippen MR) is 80.1 cm³/mol. The largest absolute Gasteiger partial charge is 0.383 e. The summed E-state index contributed by atoms with van der Waals surface area (Å²) >= 11 is 0. The first-order valence-electron chi connectivity index (χ1n) is 7.18. The minimum absolute atomic E-state index is 0.290. The third-order valence-electron chi connectivity index (χ3n) is 5.42. The highest BCUT2D eigenvalue weighted by atomic mass is 16.5. The van der Waals surface area contributed by atoms with Crippen molar-refractivity contribution in [1.82, 2.24) is 5.32 Å². The lowest BCUT2D eigenvalue weighted by molar-refractivity contribution is 0.165. The minimum Gasteiger partial charge on any atom is -0.383 e. The van der Waals surface area contributed by atoms with Gasteiger partial charge in [-0.15, -0.1) is 0 Å². The molecule has 1 atom stereocenters. The molecule has 1 aliphatic rings. The summed E-state index contributed by atoms with van der Waals surface area (Å²) in [5, 5.41) is 3.69. The molecule has 1 aromatic rings. The monoisotopic (exact) mass is 261 g/mol. The molecule has 19 heavy (non-hydrogen) atoms. The summed E-state index contributed by atoms with van der Waals surface area (Å²) in [6, 6.07) is 10.9. The van der Waals surface area contributed by atoms with Crippen LogP contribution in [-0.2, 0) is 4.74 Å². The second-order valence-electron chi connectivity index (χ2n) is 6.82. The van der Waals surface area contributed by atoms with Gasteiger partial charge in [0.15, 0.2) is 0 Å². The topological polar surface area (TPSA) is 21.3 Å². The Labute approximate surface area is 117 Å². The molecule has 0 radical (unpaired) electrons. The van der Waals surface area contributed by atoms with Crippen molar-refractivity contribution in [3.8, 4) is 0 Å². The summed E-state index contributed by atoms with van der Waals surface area (Å²) in [6.45, 7) is 11.3. The van der Waals surface area contributed by atoms with Gasteiger partial charge in [0.05, 0.1) is 12.6 Å². The molecule has 1 unspecified atom stereocenters. The first-order chi connectivity index (χ1) is 8.91. The van der Waals surface area contributed by atoms with E-state index in [0.29, 0.717) is 16.9 Å². The Hall–Kier alpha value is -0.860. The lowest BCUT2D eigenvalue weighted by atomic mass is 10.0. The van der Waals surface area contributed by atoms with Gasteiger partial charge < -0.3 is 10.1 Å². The summed E-state index contributed by atoms with van der Waals surface area (Å²) in [7, 11) is 1.77. The molecular weight excluding hydrogens is 234 g/mol. The molecule has 1 aliphatic carbocycles. The minimum atomic E-state index is 0.290. The molecule has 0 aromatic heterocycles. The SMILES string of the molecule is COCC(NCC1C(C)(C)C1(C)C)c1ccccc1. The van der Waals surface area contributed by atoms with Crippen LogP contribution < -0.4 is 5.32 Å². The Morgan fingerprint density at radius 1 is 1.11 bits per heavy atom. The van der Waals surface area contributed by atoms with Gasteiger partial charge in [-0.1, -0.05) is 58.0 Å². The highest BCUT2D eigenvalue weighted by Gasteiger charge is 2.63. The van der Waals surface area contributed by atoms with Gasteiger partial charge in [-0.2, -0.15) is 0 Å². The molecule has 1 N–H and O–H groups in total. The maximum absolute atomic E-state index is 5.35. The van der Waals surface area contributed by atoms with Crippen LogP contribution in [0.1, 0.15) is 39.3 Å². The molecule has 0 amide bonds. The van der Waals surface area contributed by atoms with Crippen molar-refractivity contribution < 1.29 is 4.74 Å². The highest BCUT2D eigenvalue weighted by molar-refractivity contribution is 5.20. The summed E-state index contributed by atoms with van der Waals surface area (Å²) in [6.07, 6.45) is 0. The molecule has 0 aliphatic heterocycles. The Bertz CT molecular complexity index is 397. The maximum atomic E-state index is 5.35. The van der Waals surface area contributed by atoms with Gasteiger partial charge in [0.1, 0.15) is 0 Å². The molecule has 2 nitrogen and oxygen atoms in total. The standard InChI is InChI=1S/C17H27NO/c1-16(2)15(17(16,3)4)11-18-14(12-19-5)13-9-7-6-8-10-13/h6-10,14-15,18H,11-12H2,1-5H3. The van der Waals surface area contributed by atoms with E-state index in [0.717, 1.165) is 19.1 Å². The Kier molecular flexibility index (Phi) is 4.03. The third kappa shape index (κ3) is 2.70. The van der Waals surface area contributed by atoms with Crippen molar-refractivity contribution in [3.63, 3.8) is 0 Å². The van der Waals surface area contributed by atoms with E-state index in [2.05, 4.69) is 63.3 Å². The van der Waals surface area contributed by atoms with Crippen molar-refractivity contribution in [2.24, 2.45) is 16.7 Å². The molecule has 1 saturated carbocycles. The first kappa shape index (κ1) is 14.5. The number of hydrogen-bond acceptors (Lipinski definition) is 2.